The summed E-state index contributed by atoms with van der Waals surface area (Å²) in [6, 6.07) is 1.73. The largest absolute Gasteiger partial charge is 0.345 e. The minimum absolute atomic E-state index is 0.0275. The second kappa shape index (κ2) is 8.41. The summed E-state index contributed by atoms with van der Waals surface area (Å²) < 4.78 is 3.31. The molecule has 0 atom stereocenters. The Hall–Kier alpha value is -2.91. The first-order valence-corrected chi connectivity index (χ1v) is 9.93. The third-order valence-corrected chi connectivity index (χ3v) is 5.26. The molecule has 0 aromatic carbocycles. The number of amides is 2. The molecule has 1 N–H and O–H groups in total. The van der Waals surface area contributed by atoms with E-state index in [4.69, 9.17) is 0 Å². The number of hydrogen-bond donors (Lipinski definition) is 1. The normalized spacial score (nSPS) is 16.7. The van der Waals surface area contributed by atoms with Crippen molar-refractivity contribution < 1.29 is 4.79 Å². The van der Waals surface area contributed by atoms with Crippen LogP contribution in [0.1, 0.15) is 25.1 Å². The summed E-state index contributed by atoms with van der Waals surface area (Å²) in [4.78, 5) is 37.0. The maximum atomic E-state index is 12.4. The molecule has 2 aromatic heterocycles. The van der Waals surface area contributed by atoms with Gasteiger partial charge in [0.25, 0.3) is 0 Å². The number of hydrogen-bond acceptors (Lipinski definition) is 6. The first kappa shape index (κ1) is 18.5. The van der Waals surface area contributed by atoms with E-state index < -0.39 is 0 Å². The second-order valence-corrected chi connectivity index (χ2v) is 7.14. The van der Waals surface area contributed by atoms with Crippen molar-refractivity contribution in [1.82, 2.24) is 34.5 Å². The predicted octanol–water partition coefficient (Wildman–Crippen LogP) is 0.0930. The Morgan fingerprint density at radius 2 is 1.86 bits per heavy atom. The van der Waals surface area contributed by atoms with E-state index >= 15 is 0 Å². The summed E-state index contributed by atoms with van der Waals surface area (Å²) in [5.74, 6) is 1.59. The molecule has 1 fully saturated rings. The van der Waals surface area contributed by atoms with Gasteiger partial charge in [-0.2, -0.15) is 5.10 Å². The van der Waals surface area contributed by atoms with Crippen LogP contribution in [0.15, 0.2) is 23.3 Å². The lowest BCUT2D eigenvalue weighted by molar-refractivity contribution is 0.194. The molecule has 0 radical (unpaired) electrons. The van der Waals surface area contributed by atoms with E-state index in [9.17, 15) is 9.59 Å². The average molecular weight is 386 g/mol. The first-order chi connectivity index (χ1) is 13.7. The minimum Gasteiger partial charge on any atom is -0.338 e. The summed E-state index contributed by atoms with van der Waals surface area (Å²) in [5.41, 5.74) is -0.0275. The zero-order valence-electron chi connectivity index (χ0n) is 16.0. The standard InChI is InChI=1S/C18H26N8O2/c27-17(24-13-11-23(12-14-24)16-19-6-3-7-20-16)21-8-4-10-26-18(28)25-9-2-1-5-15(25)22-26/h3,6-7H,1-2,4-5,8-14H2,(H,21,27). The smallest absolute Gasteiger partial charge is 0.338 e. The zero-order chi connectivity index (χ0) is 19.3. The molecule has 0 aliphatic carbocycles. The van der Waals surface area contributed by atoms with Crippen LogP contribution in [-0.4, -0.2) is 68.0 Å². The number of piperazine rings is 1. The van der Waals surface area contributed by atoms with Gasteiger partial charge in [-0.15, -0.1) is 0 Å². The van der Waals surface area contributed by atoms with E-state index in [0.29, 0.717) is 51.6 Å². The molecule has 4 heterocycles. The maximum Gasteiger partial charge on any atom is 0.345 e. The van der Waals surface area contributed by atoms with Crippen molar-refractivity contribution in [2.24, 2.45) is 0 Å². The van der Waals surface area contributed by atoms with Crippen molar-refractivity contribution in [3.63, 3.8) is 0 Å². The Bertz CT molecular complexity index is 854. The van der Waals surface area contributed by atoms with Crippen molar-refractivity contribution in [3.05, 3.63) is 34.8 Å². The van der Waals surface area contributed by atoms with Gasteiger partial charge >= 0.3 is 11.7 Å². The van der Waals surface area contributed by atoms with E-state index in [1.165, 1.54) is 4.68 Å². The van der Waals surface area contributed by atoms with Crippen LogP contribution in [0.2, 0.25) is 0 Å². The molecular weight excluding hydrogens is 360 g/mol. The molecule has 1 saturated heterocycles. The molecule has 4 rings (SSSR count). The Morgan fingerprint density at radius 3 is 2.61 bits per heavy atom. The molecule has 2 aliphatic heterocycles. The number of aromatic nitrogens is 5. The van der Waals surface area contributed by atoms with Crippen molar-refractivity contribution in [3.8, 4) is 0 Å². The molecule has 0 spiro atoms. The highest BCUT2D eigenvalue weighted by Gasteiger charge is 2.22. The monoisotopic (exact) mass is 386 g/mol. The highest BCUT2D eigenvalue weighted by Crippen LogP contribution is 2.10. The fraction of sp³-hybridized carbons (Fsp3) is 0.611. The third kappa shape index (κ3) is 4.00. The predicted molar refractivity (Wildman–Crippen MR) is 103 cm³/mol. The highest BCUT2D eigenvalue weighted by molar-refractivity contribution is 5.74. The summed E-state index contributed by atoms with van der Waals surface area (Å²) in [5, 5.41) is 7.37. The van der Waals surface area contributed by atoms with E-state index in [2.05, 4.69) is 25.3 Å². The van der Waals surface area contributed by atoms with E-state index in [0.717, 1.165) is 31.6 Å². The van der Waals surface area contributed by atoms with Crippen molar-refractivity contribution >= 4 is 12.0 Å². The number of aryl methyl sites for hydroxylation is 2. The van der Waals surface area contributed by atoms with Crippen LogP contribution in [0.4, 0.5) is 10.7 Å². The number of nitrogens with zero attached hydrogens (tertiary/aromatic N) is 7. The van der Waals surface area contributed by atoms with Gasteiger partial charge in [0, 0.05) is 64.6 Å². The van der Waals surface area contributed by atoms with Crippen LogP contribution in [0, 0.1) is 0 Å². The number of rotatable bonds is 5. The fourth-order valence-corrected chi connectivity index (χ4v) is 3.69. The van der Waals surface area contributed by atoms with Gasteiger partial charge in [0.05, 0.1) is 0 Å². The van der Waals surface area contributed by atoms with Crippen LogP contribution in [0.25, 0.3) is 0 Å². The molecule has 10 nitrogen and oxygen atoms in total. The van der Waals surface area contributed by atoms with Gasteiger partial charge < -0.3 is 15.1 Å². The quantitative estimate of drug-likeness (QED) is 0.731. The van der Waals surface area contributed by atoms with Gasteiger partial charge in [0.1, 0.15) is 5.82 Å². The topological polar surface area (TPSA) is 101 Å². The lowest BCUT2D eigenvalue weighted by atomic mass is 10.2. The van der Waals surface area contributed by atoms with Crippen LogP contribution in [0.5, 0.6) is 0 Å². The van der Waals surface area contributed by atoms with Gasteiger partial charge in [-0.1, -0.05) is 0 Å². The molecule has 2 aromatic rings. The number of anilines is 1. The maximum absolute atomic E-state index is 12.4. The highest BCUT2D eigenvalue weighted by atomic mass is 16.2. The van der Waals surface area contributed by atoms with Gasteiger partial charge in [0.15, 0.2) is 0 Å². The van der Waals surface area contributed by atoms with Crippen molar-refractivity contribution in [2.75, 3.05) is 37.6 Å². The number of nitrogens with one attached hydrogen (secondary N) is 1. The lowest BCUT2D eigenvalue weighted by Gasteiger charge is -2.34. The van der Waals surface area contributed by atoms with Gasteiger partial charge in [-0.05, 0) is 25.3 Å². The average Bonchev–Trinajstić information content (AvgIpc) is 3.07. The second-order valence-electron chi connectivity index (χ2n) is 7.14. The van der Waals surface area contributed by atoms with Crippen LogP contribution in [0.3, 0.4) is 0 Å². The molecular formula is C18H26N8O2. The van der Waals surface area contributed by atoms with Crippen LogP contribution in [-0.2, 0) is 19.5 Å². The van der Waals surface area contributed by atoms with Gasteiger partial charge in [-0.25, -0.2) is 24.2 Å². The van der Waals surface area contributed by atoms with E-state index in [-0.39, 0.29) is 11.7 Å². The number of carbonyl (C=O) groups is 1. The molecule has 2 amide bonds. The van der Waals surface area contributed by atoms with Crippen molar-refractivity contribution in [2.45, 2.75) is 38.8 Å². The Kier molecular flexibility index (Phi) is 5.54. The summed E-state index contributed by atoms with van der Waals surface area (Å²) >= 11 is 0. The SMILES string of the molecule is O=C(NCCCn1nc2n(c1=O)CCCC2)N1CCN(c2ncccn2)CC1. The molecule has 10 heteroatoms. The molecule has 2 aliphatic rings. The van der Waals surface area contributed by atoms with Crippen LogP contribution >= 0.6 is 0 Å². The number of urea groups is 1. The summed E-state index contributed by atoms with van der Waals surface area (Å²) in [6.45, 7) is 4.52. The molecule has 150 valence electrons. The number of carbonyl (C=O) groups excluding carboxylic acids is 1. The third-order valence-electron chi connectivity index (χ3n) is 5.26. The molecule has 0 bridgehead atoms. The number of fused-ring (bicyclic) bond motifs is 1. The fourth-order valence-electron chi connectivity index (χ4n) is 3.69. The van der Waals surface area contributed by atoms with E-state index in [1.807, 2.05) is 0 Å². The van der Waals surface area contributed by atoms with Crippen molar-refractivity contribution in [1.29, 1.82) is 0 Å². The molecule has 0 saturated carbocycles. The van der Waals surface area contributed by atoms with Gasteiger partial charge in [-0.3, -0.25) is 4.57 Å². The van der Waals surface area contributed by atoms with Gasteiger partial charge in [0.2, 0.25) is 5.95 Å². The Balaban J connectivity index is 1.19. The first-order valence-electron chi connectivity index (χ1n) is 9.93. The molecule has 28 heavy (non-hydrogen) atoms. The summed E-state index contributed by atoms with van der Waals surface area (Å²) in [7, 11) is 0. The molecule has 0 unspecified atom stereocenters. The minimum atomic E-state index is -0.0647. The summed E-state index contributed by atoms with van der Waals surface area (Å²) in [6.07, 6.45) is 7.14. The Labute approximate surface area is 163 Å². The van der Waals surface area contributed by atoms with E-state index in [1.54, 1.807) is 27.9 Å². The zero-order valence-corrected chi connectivity index (χ0v) is 16.0. The Morgan fingerprint density at radius 1 is 1.07 bits per heavy atom. The van der Waals surface area contributed by atoms with Crippen LogP contribution < -0.4 is 15.9 Å². The lowest BCUT2D eigenvalue weighted by Crippen LogP contribution is -2.52.